The summed E-state index contributed by atoms with van der Waals surface area (Å²) >= 11 is 0. The van der Waals surface area contributed by atoms with Crippen LogP contribution in [0, 0.1) is 32.5 Å². The van der Waals surface area contributed by atoms with Crippen molar-refractivity contribution in [2.45, 2.75) is 197 Å². The topological polar surface area (TPSA) is 103 Å². The minimum absolute atomic E-state index is 0. The van der Waals surface area contributed by atoms with E-state index >= 15 is 0 Å². The largest absolute Gasteiger partial charge is 0.396 e. The second-order valence-electron chi connectivity index (χ2n) is 23.2. The molecule has 0 amide bonds. The quantitative estimate of drug-likeness (QED) is 0.0801. The van der Waals surface area contributed by atoms with Crippen molar-refractivity contribution in [1.29, 1.82) is 0 Å². The Morgan fingerprint density at radius 2 is 0.453 bits per heavy atom. The maximum absolute atomic E-state index is 8.40. The van der Waals surface area contributed by atoms with Gasteiger partial charge in [0, 0.05) is 74.2 Å². The third-order valence-electron chi connectivity index (χ3n) is 8.21. The Labute approximate surface area is 403 Å². The second kappa shape index (κ2) is 50.5. The van der Waals surface area contributed by atoms with Crippen molar-refractivity contribution < 1.29 is 47.7 Å². The number of aliphatic hydroxyl groups is 1. The molecule has 0 heterocycles. The van der Waals surface area contributed by atoms with E-state index in [4.69, 9.17) is 47.7 Å². The fourth-order valence-corrected chi connectivity index (χ4v) is 3.68. The van der Waals surface area contributed by atoms with Gasteiger partial charge in [-0.1, -0.05) is 146 Å². The molecule has 0 aromatic rings. The van der Waals surface area contributed by atoms with Crippen molar-refractivity contribution in [3.05, 3.63) is 0 Å². The summed E-state index contributed by atoms with van der Waals surface area (Å²) in [6, 6.07) is 0. The zero-order valence-corrected chi connectivity index (χ0v) is 47.1. The Morgan fingerprint density at radius 3 is 0.625 bits per heavy atom. The third-order valence-corrected chi connectivity index (χ3v) is 8.21. The molecule has 0 aliphatic carbocycles. The Balaban J connectivity index is -0.000000123. The SMILES string of the molecule is C.CC(C)(C)CCO.CCCOCCC(C)(C)C.CCCOCCOCCC(C)(C)C.COCCC(C)(C)C.COCCOCCC(C)(C)C.COCCOCCOCCC(C)(C)C. The summed E-state index contributed by atoms with van der Waals surface area (Å²) in [4.78, 5) is 0. The van der Waals surface area contributed by atoms with E-state index in [2.05, 4.69) is 138 Å². The van der Waals surface area contributed by atoms with Crippen LogP contribution < -0.4 is 0 Å². The van der Waals surface area contributed by atoms with Crippen LogP contribution in [-0.2, 0) is 42.6 Å². The van der Waals surface area contributed by atoms with Crippen molar-refractivity contribution in [2.75, 3.05) is 127 Å². The molecule has 0 aliphatic heterocycles. The van der Waals surface area contributed by atoms with Crippen LogP contribution in [-0.4, -0.2) is 132 Å². The van der Waals surface area contributed by atoms with Gasteiger partial charge in [-0.2, -0.15) is 0 Å². The highest BCUT2D eigenvalue weighted by Crippen LogP contribution is 2.20. The molecule has 398 valence electrons. The molecule has 0 aromatic carbocycles. The fourth-order valence-electron chi connectivity index (χ4n) is 3.68. The van der Waals surface area contributed by atoms with E-state index in [9.17, 15) is 0 Å². The van der Waals surface area contributed by atoms with Gasteiger partial charge in [-0.05, 0) is 83.9 Å². The zero-order valence-electron chi connectivity index (χ0n) is 47.1. The van der Waals surface area contributed by atoms with E-state index < -0.39 is 0 Å². The maximum Gasteiger partial charge on any atom is 0.0701 e. The van der Waals surface area contributed by atoms with Crippen molar-refractivity contribution in [3.63, 3.8) is 0 Å². The van der Waals surface area contributed by atoms with E-state index in [1.807, 2.05) is 0 Å². The maximum atomic E-state index is 8.40. The summed E-state index contributed by atoms with van der Waals surface area (Å²) < 4.78 is 46.7. The molecule has 10 nitrogen and oxygen atoms in total. The molecule has 0 bridgehead atoms. The summed E-state index contributed by atoms with van der Waals surface area (Å²) in [5.74, 6) is 0. The molecule has 0 radical (unpaired) electrons. The predicted octanol–water partition coefficient (Wildman–Crippen LogP) is 14.0. The molecule has 0 saturated heterocycles. The monoisotopic (exact) mass is 931 g/mol. The molecule has 64 heavy (non-hydrogen) atoms. The highest BCUT2D eigenvalue weighted by Gasteiger charge is 2.12. The van der Waals surface area contributed by atoms with Crippen molar-refractivity contribution >= 4 is 0 Å². The van der Waals surface area contributed by atoms with Gasteiger partial charge < -0.3 is 47.7 Å². The molecule has 0 spiro atoms. The lowest BCUT2D eigenvalue weighted by Gasteiger charge is -2.17. The standard InChI is InChI=1S/C11H24O3.C11H24O2.C9H20O2.C9H20O.C7H16O.C6H14O.CH4/c1-11(2,3)5-6-13-9-10-14-8-7-12-4;1-5-7-12-9-10-13-8-6-11(2,3)4;1-9(2,3)5-6-11-8-7-10-4;1-5-7-10-8-6-9(2,3)4;1-7(2,3)5-6-8-4;1-6(2,3)4-5-7;/h5-10H2,1-4H3;5-10H2,1-4H3;5-8H2,1-4H3;5-8H2,1-4H3;5-6H2,1-4H3;7H,4-5H2,1-3H3;1H4. The van der Waals surface area contributed by atoms with Gasteiger partial charge >= 0.3 is 0 Å². The van der Waals surface area contributed by atoms with E-state index in [0.717, 1.165) is 111 Å². The summed E-state index contributed by atoms with van der Waals surface area (Å²) in [6.07, 6.45) is 8.72. The van der Waals surface area contributed by atoms with Crippen LogP contribution in [0.2, 0.25) is 0 Å². The number of hydrogen-bond acceptors (Lipinski definition) is 10. The van der Waals surface area contributed by atoms with Crippen LogP contribution >= 0.6 is 0 Å². The Bertz CT molecular complexity index is 826. The average molecular weight is 932 g/mol. The zero-order chi connectivity index (χ0) is 50.3. The van der Waals surface area contributed by atoms with E-state index in [1.54, 1.807) is 21.3 Å². The lowest BCUT2D eigenvalue weighted by molar-refractivity contribution is 0.0194. The Morgan fingerprint density at radius 1 is 0.266 bits per heavy atom. The molecule has 0 rings (SSSR count). The first-order valence-electron chi connectivity index (χ1n) is 24.4. The molecule has 10 heteroatoms. The van der Waals surface area contributed by atoms with Crippen molar-refractivity contribution in [3.8, 4) is 0 Å². The van der Waals surface area contributed by atoms with Crippen LogP contribution in [0.5, 0.6) is 0 Å². The van der Waals surface area contributed by atoms with E-state index in [0.29, 0.717) is 78.7 Å². The smallest absolute Gasteiger partial charge is 0.0701 e. The van der Waals surface area contributed by atoms with Gasteiger partial charge in [0.15, 0.2) is 0 Å². The molecular formula is C54H122O10. The first-order chi connectivity index (χ1) is 28.9. The van der Waals surface area contributed by atoms with Crippen LogP contribution in [0.25, 0.3) is 0 Å². The number of methoxy groups -OCH3 is 3. The molecule has 0 aliphatic rings. The second-order valence-corrected chi connectivity index (χ2v) is 23.2. The van der Waals surface area contributed by atoms with Crippen LogP contribution in [0.3, 0.4) is 0 Å². The summed E-state index contributed by atoms with van der Waals surface area (Å²) in [5, 5.41) is 8.40. The fraction of sp³-hybridized carbons (Fsp3) is 1.00. The molecule has 0 atom stereocenters. The van der Waals surface area contributed by atoms with E-state index in [-0.39, 0.29) is 7.43 Å². The lowest BCUT2D eigenvalue weighted by Crippen LogP contribution is -2.13. The molecule has 0 aromatic heterocycles. The Hall–Kier alpha value is -0.400. The molecule has 0 saturated carbocycles. The predicted molar refractivity (Wildman–Crippen MR) is 279 cm³/mol. The molecule has 0 unspecified atom stereocenters. The molecule has 1 N–H and O–H groups in total. The highest BCUT2D eigenvalue weighted by atomic mass is 16.5. The molecular weight excluding hydrogens is 809 g/mol. The normalized spacial score (nSPS) is 11.8. The van der Waals surface area contributed by atoms with Gasteiger partial charge in [0.2, 0.25) is 0 Å². The lowest BCUT2D eigenvalue weighted by atomic mass is 9.93. The average Bonchev–Trinajstić information content (AvgIpc) is 3.12. The number of hydrogen-bond donors (Lipinski definition) is 1. The van der Waals surface area contributed by atoms with Gasteiger partial charge in [-0.25, -0.2) is 0 Å². The van der Waals surface area contributed by atoms with Crippen LogP contribution in [0.1, 0.15) is 197 Å². The summed E-state index contributed by atoms with van der Waals surface area (Å²) in [6.45, 7) is 55.8. The van der Waals surface area contributed by atoms with Gasteiger partial charge in [0.05, 0.1) is 52.9 Å². The van der Waals surface area contributed by atoms with Crippen LogP contribution in [0.4, 0.5) is 0 Å². The highest BCUT2D eigenvalue weighted by molar-refractivity contribution is 4.62. The first-order valence-corrected chi connectivity index (χ1v) is 24.4. The first kappa shape index (κ1) is 77.8. The third kappa shape index (κ3) is 114. The number of rotatable bonds is 27. The molecule has 0 fully saturated rings. The summed E-state index contributed by atoms with van der Waals surface area (Å²) in [5.41, 5.74) is 2.27. The minimum Gasteiger partial charge on any atom is -0.396 e. The number of aliphatic hydroxyl groups excluding tert-OH is 1. The van der Waals surface area contributed by atoms with Gasteiger partial charge in [0.25, 0.3) is 0 Å². The van der Waals surface area contributed by atoms with Crippen molar-refractivity contribution in [1.82, 2.24) is 0 Å². The van der Waals surface area contributed by atoms with Gasteiger partial charge in [-0.15, -0.1) is 0 Å². The van der Waals surface area contributed by atoms with Crippen LogP contribution in [0.15, 0.2) is 0 Å². The number of ether oxygens (including phenoxy) is 9. The van der Waals surface area contributed by atoms with Gasteiger partial charge in [0.1, 0.15) is 0 Å². The van der Waals surface area contributed by atoms with Gasteiger partial charge in [-0.3, -0.25) is 0 Å². The summed E-state index contributed by atoms with van der Waals surface area (Å²) in [7, 11) is 5.10. The Kier molecular flexibility index (Phi) is 61.4. The van der Waals surface area contributed by atoms with E-state index in [1.165, 1.54) is 0 Å². The minimum atomic E-state index is 0. The van der Waals surface area contributed by atoms with Crippen molar-refractivity contribution in [2.24, 2.45) is 32.5 Å².